The van der Waals surface area contributed by atoms with Gasteiger partial charge >= 0.3 is 0 Å². The first-order chi connectivity index (χ1) is 7.96. The van der Waals surface area contributed by atoms with E-state index < -0.39 is 0 Å². The zero-order valence-electron chi connectivity index (χ0n) is 11.2. The van der Waals surface area contributed by atoms with Crippen LogP contribution in [0.25, 0.3) is 0 Å². The summed E-state index contributed by atoms with van der Waals surface area (Å²) in [6, 6.07) is 0.238. The van der Waals surface area contributed by atoms with E-state index in [0.717, 1.165) is 19.4 Å². The van der Waals surface area contributed by atoms with Gasteiger partial charge in [-0.2, -0.15) is 0 Å². The minimum Gasteiger partial charge on any atom is -0.381 e. The van der Waals surface area contributed by atoms with Crippen molar-refractivity contribution in [3.8, 4) is 0 Å². The molecule has 0 bridgehead atoms. The lowest BCUT2D eigenvalue weighted by Gasteiger charge is -2.51. The summed E-state index contributed by atoms with van der Waals surface area (Å²) in [6.07, 6.45) is 2.28. The Bertz CT molecular complexity index is 304. The topological polar surface area (TPSA) is 50.4 Å². The fourth-order valence-electron chi connectivity index (χ4n) is 2.98. The predicted octanol–water partition coefficient (Wildman–Crippen LogP) is 0.914. The number of hydrogen-bond acceptors (Lipinski definition) is 3. The number of rotatable bonds is 3. The minimum absolute atomic E-state index is 0.00704. The van der Waals surface area contributed by atoms with Gasteiger partial charge in [-0.3, -0.25) is 4.79 Å². The van der Waals surface area contributed by atoms with Gasteiger partial charge in [0.15, 0.2) is 0 Å². The second-order valence-corrected chi connectivity index (χ2v) is 6.04. The van der Waals surface area contributed by atoms with Crippen LogP contribution in [0.15, 0.2) is 0 Å². The van der Waals surface area contributed by atoms with Gasteiger partial charge in [-0.05, 0) is 25.3 Å². The standard InChI is InChI=1S/C13H24N2O2/c1-8-5-6-14-11(8)12(16)15-9-7-10(17-4)13(9,2)3/h8-11,14H,5-7H2,1-4H3,(H,15,16). The van der Waals surface area contributed by atoms with Gasteiger partial charge < -0.3 is 15.4 Å². The van der Waals surface area contributed by atoms with Crippen molar-refractivity contribution >= 4 is 5.91 Å². The van der Waals surface area contributed by atoms with Crippen LogP contribution in [0.1, 0.15) is 33.6 Å². The zero-order valence-corrected chi connectivity index (χ0v) is 11.2. The molecule has 1 heterocycles. The Morgan fingerprint density at radius 3 is 2.65 bits per heavy atom. The van der Waals surface area contributed by atoms with Crippen molar-refractivity contribution in [1.82, 2.24) is 10.6 Å². The second-order valence-electron chi connectivity index (χ2n) is 6.04. The molecule has 0 aromatic rings. The Labute approximate surface area is 103 Å². The molecule has 1 aliphatic heterocycles. The SMILES string of the molecule is COC1CC(NC(=O)C2NCCC2C)C1(C)C. The van der Waals surface area contributed by atoms with E-state index in [1.807, 2.05) is 0 Å². The summed E-state index contributed by atoms with van der Waals surface area (Å²) >= 11 is 0. The van der Waals surface area contributed by atoms with Gasteiger partial charge in [0.1, 0.15) is 0 Å². The molecule has 17 heavy (non-hydrogen) atoms. The molecule has 4 heteroatoms. The molecule has 0 radical (unpaired) electrons. The molecule has 1 saturated heterocycles. The molecule has 2 N–H and O–H groups in total. The van der Waals surface area contributed by atoms with Crippen molar-refractivity contribution in [3.63, 3.8) is 0 Å². The Kier molecular flexibility index (Phi) is 3.46. The molecule has 1 amide bonds. The fourth-order valence-corrected chi connectivity index (χ4v) is 2.98. The predicted molar refractivity (Wildman–Crippen MR) is 66.7 cm³/mol. The molecule has 2 aliphatic rings. The van der Waals surface area contributed by atoms with E-state index >= 15 is 0 Å². The lowest BCUT2D eigenvalue weighted by Crippen LogP contribution is -2.63. The Morgan fingerprint density at radius 1 is 1.47 bits per heavy atom. The molecule has 0 spiro atoms. The maximum atomic E-state index is 12.1. The zero-order chi connectivity index (χ0) is 12.6. The van der Waals surface area contributed by atoms with Crippen molar-refractivity contribution in [3.05, 3.63) is 0 Å². The number of hydrogen-bond donors (Lipinski definition) is 2. The van der Waals surface area contributed by atoms with Crippen LogP contribution in [0.5, 0.6) is 0 Å². The van der Waals surface area contributed by atoms with Gasteiger partial charge in [0, 0.05) is 18.6 Å². The number of ether oxygens (including phenoxy) is 1. The first kappa shape index (κ1) is 12.8. The quantitative estimate of drug-likeness (QED) is 0.771. The number of carbonyl (C=O) groups is 1. The van der Waals surface area contributed by atoms with Crippen LogP contribution in [-0.4, -0.2) is 37.7 Å². The van der Waals surface area contributed by atoms with Gasteiger partial charge in [0.25, 0.3) is 0 Å². The first-order valence-electron chi connectivity index (χ1n) is 6.53. The molecule has 0 aromatic heterocycles. The highest BCUT2D eigenvalue weighted by Gasteiger charge is 2.49. The molecule has 4 unspecified atom stereocenters. The van der Waals surface area contributed by atoms with Gasteiger partial charge in [-0.25, -0.2) is 0 Å². The normalized spacial score (nSPS) is 39.8. The van der Waals surface area contributed by atoms with Crippen LogP contribution in [-0.2, 0) is 9.53 Å². The molecular weight excluding hydrogens is 216 g/mol. The Morgan fingerprint density at radius 2 is 2.18 bits per heavy atom. The maximum absolute atomic E-state index is 12.1. The molecule has 4 atom stereocenters. The van der Waals surface area contributed by atoms with Gasteiger partial charge in [-0.15, -0.1) is 0 Å². The van der Waals surface area contributed by atoms with Crippen molar-refractivity contribution in [2.24, 2.45) is 11.3 Å². The molecule has 2 rings (SSSR count). The van der Waals surface area contributed by atoms with E-state index in [9.17, 15) is 4.79 Å². The molecule has 2 fully saturated rings. The van der Waals surface area contributed by atoms with Crippen molar-refractivity contribution < 1.29 is 9.53 Å². The second kappa shape index (κ2) is 4.58. The van der Waals surface area contributed by atoms with Gasteiger partial charge in [-0.1, -0.05) is 20.8 Å². The van der Waals surface area contributed by atoms with E-state index in [-0.39, 0.29) is 29.5 Å². The van der Waals surface area contributed by atoms with E-state index in [0.29, 0.717) is 5.92 Å². The van der Waals surface area contributed by atoms with Crippen LogP contribution in [0.4, 0.5) is 0 Å². The average molecular weight is 240 g/mol. The number of amides is 1. The molecule has 0 aromatic carbocycles. The summed E-state index contributed by atoms with van der Waals surface area (Å²) in [7, 11) is 1.74. The largest absolute Gasteiger partial charge is 0.381 e. The van der Waals surface area contributed by atoms with Crippen molar-refractivity contribution in [1.29, 1.82) is 0 Å². The monoisotopic (exact) mass is 240 g/mol. The number of methoxy groups -OCH3 is 1. The van der Waals surface area contributed by atoms with E-state index in [2.05, 4.69) is 31.4 Å². The van der Waals surface area contributed by atoms with Crippen molar-refractivity contribution in [2.45, 2.75) is 51.8 Å². The summed E-state index contributed by atoms with van der Waals surface area (Å²) in [4.78, 5) is 12.1. The van der Waals surface area contributed by atoms with Crippen LogP contribution in [0.2, 0.25) is 0 Å². The average Bonchev–Trinajstić information content (AvgIpc) is 2.69. The maximum Gasteiger partial charge on any atom is 0.237 e. The Hall–Kier alpha value is -0.610. The van der Waals surface area contributed by atoms with E-state index in [1.54, 1.807) is 7.11 Å². The summed E-state index contributed by atoms with van der Waals surface area (Å²) in [5.41, 5.74) is 0.0479. The highest BCUT2D eigenvalue weighted by molar-refractivity contribution is 5.82. The number of carbonyl (C=O) groups excluding carboxylic acids is 1. The number of nitrogens with one attached hydrogen (secondary N) is 2. The molecule has 4 nitrogen and oxygen atoms in total. The van der Waals surface area contributed by atoms with Crippen LogP contribution >= 0.6 is 0 Å². The smallest absolute Gasteiger partial charge is 0.237 e. The fraction of sp³-hybridized carbons (Fsp3) is 0.923. The third-order valence-electron chi connectivity index (χ3n) is 4.59. The van der Waals surface area contributed by atoms with E-state index in [4.69, 9.17) is 4.74 Å². The van der Waals surface area contributed by atoms with Gasteiger partial charge in [0.2, 0.25) is 5.91 Å². The molecular formula is C13H24N2O2. The summed E-state index contributed by atoms with van der Waals surface area (Å²) in [5, 5.41) is 6.43. The van der Waals surface area contributed by atoms with Gasteiger partial charge in [0.05, 0.1) is 12.1 Å². The lowest BCUT2D eigenvalue weighted by molar-refractivity contribution is -0.134. The highest BCUT2D eigenvalue weighted by atomic mass is 16.5. The van der Waals surface area contributed by atoms with E-state index in [1.165, 1.54) is 0 Å². The molecule has 1 saturated carbocycles. The van der Waals surface area contributed by atoms with Crippen LogP contribution < -0.4 is 10.6 Å². The molecule has 98 valence electrons. The highest BCUT2D eigenvalue weighted by Crippen LogP contribution is 2.42. The van der Waals surface area contributed by atoms with Crippen LogP contribution in [0, 0.1) is 11.3 Å². The third kappa shape index (κ3) is 2.20. The minimum atomic E-state index is -0.00704. The third-order valence-corrected chi connectivity index (χ3v) is 4.59. The molecule has 1 aliphatic carbocycles. The van der Waals surface area contributed by atoms with Crippen LogP contribution in [0.3, 0.4) is 0 Å². The summed E-state index contributed by atoms with van der Waals surface area (Å²) in [6.45, 7) is 7.39. The summed E-state index contributed by atoms with van der Waals surface area (Å²) in [5.74, 6) is 0.596. The lowest BCUT2D eigenvalue weighted by atomic mass is 9.64. The van der Waals surface area contributed by atoms with Crippen molar-refractivity contribution in [2.75, 3.05) is 13.7 Å². The Balaban J connectivity index is 1.88. The summed E-state index contributed by atoms with van der Waals surface area (Å²) < 4.78 is 5.39. The first-order valence-corrected chi connectivity index (χ1v) is 6.53.